The summed E-state index contributed by atoms with van der Waals surface area (Å²) in [7, 11) is 0. The van der Waals surface area contributed by atoms with Crippen molar-refractivity contribution < 1.29 is 19.8 Å². The van der Waals surface area contributed by atoms with Crippen LogP contribution in [0, 0.1) is 11.8 Å². The molecule has 1 saturated carbocycles. The molecule has 2 aliphatic carbocycles. The Morgan fingerprint density at radius 1 is 1.25 bits per heavy atom. The SMILES string of the molecule is N[C@@H]1[C@H]2C=CCC[C@@H]12.O=C(O)CCC(=O)O. The number of rotatable bonds is 3. The Morgan fingerprint density at radius 3 is 2.12 bits per heavy atom. The molecule has 0 unspecified atom stereocenters. The van der Waals surface area contributed by atoms with Crippen molar-refractivity contribution >= 4 is 11.9 Å². The van der Waals surface area contributed by atoms with Crippen LogP contribution < -0.4 is 5.73 Å². The molecule has 3 atom stereocenters. The van der Waals surface area contributed by atoms with E-state index in [1.807, 2.05) is 0 Å². The fraction of sp³-hybridized carbons (Fsp3) is 0.636. The van der Waals surface area contributed by atoms with Gasteiger partial charge in [-0.2, -0.15) is 0 Å². The van der Waals surface area contributed by atoms with Gasteiger partial charge in [-0.25, -0.2) is 0 Å². The van der Waals surface area contributed by atoms with Gasteiger partial charge in [0.05, 0.1) is 12.8 Å². The zero-order chi connectivity index (χ0) is 12.1. The summed E-state index contributed by atoms with van der Waals surface area (Å²) in [6, 6.07) is 0.522. The second-order valence-electron chi connectivity index (χ2n) is 4.11. The summed E-state index contributed by atoms with van der Waals surface area (Å²) in [4.78, 5) is 19.3. The van der Waals surface area contributed by atoms with Crippen LogP contribution in [0.1, 0.15) is 25.7 Å². The lowest BCUT2D eigenvalue weighted by molar-refractivity contribution is -0.143. The third-order valence-corrected chi connectivity index (χ3v) is 2.87. The van der Waals surface area contributed by atoms with Crippen molar-refractivity contribution in [2.24, 2.45) is 17.6 Å². The van der Waals surface area contributed by atoms with Crippen molar-refractivity contribution in [2.45, 2.75) is 31.7 Å². The minimum Gasteiger partial charge on any atom is -0.481 e. The summed E-state index contributed by atoms with van der Waals surface area (Å²) in [5.74, 6) is -0.524. The minimum atomic E-state index is -1.08. The smallest absolute Gasteiger partial charge is 0.303 e. The molecule has 0 heterocycles. The van der Waals surface area contributed by atoms with Gasteiger partial charge in [0, 0.05) is 6.04 Å². The molecule has 0 amide bonds. The Morgan fingerprint density at radius 2 is 1.81 bits per heavy atom. The van der Waals surface area contributed by atoms with Gasteiger partial charge >= 0.3 is 11.9 Å². The monoisotopic (exact) mass is 227 g/mol. The van der Waals surface area contributed by atoms with Crippen LogP contribution in [0.2, 0.25) is 0 Å². The molecule has 0 radical (unpaired) electrons. The van der Waals surface area contributed by atoms with E-state index in [1.165, 1.54) is 12.8 Å². The fourth-order valence-corrected chi connectivity index (χ4v) is 1.84. The first-order valence-corrected chi connectivity index (χ1v) is 5.38. The number of carboxylic acids is 2. The van der Waals surface area contributed by atoms with Gasteiger partial charge in [0.15, 0.2) is 0 Å². The van der Waals surface area contributed by atoms with Crippen LogP contribution in [0.25, 0.3) is 0 Å². The van der Waals surface area contributed by atoms with Gasteiger partial charge in [-0.3, -0.25) is 9.59 Å². The first-order chi connectivity index (χ1) is 7.52. The molecule has 0 aromatic carbocycles. The van der Waals surface area contributed by atoms with Crippen LogP contribution in [-0.2, 0) is 9.59 Å². The molecule has 1 fully saturated rings. The lowest BCUT2D eigenvalue weighted by atomic mass is 10.1. The van der Waals surface area contributed by atoms with Gasteiger partial charge in [0.2, 0.25) is 0 Å². The Balaban J connectivity index is 0.000000160. The fourth-order valence-electron chi connectivity index (χ4n) is 1.84. The van der Waals surface area contributed by atoms with Crippen molar-refractivity contribution in [2.75, 3.05) is 0 Å². The van der Waals surface area contributed by atoms with Crippen LogP contribution in [0.15, 0.2) is 12.2 Å². The predicted octanol–water partition coefficient (Wildman–Crippen LogP) is 0.845. The average Bonchev–Trinajstić information content (AvgIpc) is 2.89. The molecule has 0 saturated heterocycles. The average molecular weight is 227 g/mol. The molecule has 0 spiro atoms. The minimum absolute atomic E-state index is 0.296. The number of fused-ring (bicyclic) bond motifs is 1. The van der Waals surface area contributed by atoms with E-state index in [-0.39, 0.29) is 12.8 Å². The zero-order valence-electron chi connectivity index (χ0n) is 9.00. The van der Waals surface area contributed by atoms with E-state index in [4.69, 9.17) is 15.9 Å². The number of carbonyl (C=O) groups is 2. The Kier molecular flexibility index (Phi) is 4.49. The molecule has 5 nitrogen and oxygen atoms in total. The van der Waals surface area contributed by atoms with Gasteiger partial charge < -0.3 is 15.9 Å². The van der Waals surface area contributed by atoms with Crippen molar-refractivity contribution in [3.63, 3.8) is 0 Å². The molecule has 90 valence electrons. The van der Waals surface area contributed by atoms with Gasteiger partial charge in [-0.05, 0) is 24.7 Å². The van der Waals surface area contributed by atoms with E-state index in [9.17, 15) is 9.59 Å². The lowest BCUT2D eigenvalue weighted by Gasteiger charge is -1.96. The molecule has 0 aliphatic heterocycles. The van der Waals surface area contributed by atoms with Crippen LogP contribution in [0.4, 0.5) is 0 Å². The molecule has 2 rings (SSSR count). The molecule has 0 bridgehead atoms. The van der Waals surface area contributed by atoms with Crippen molar-refractivity contribution in [3.8, 4) is 0 Å². The van der Waals surface area contributed by atoms with Crippen molar-refractivity contribution in [1.82, 2.24) is 0 Å². The molecule has 2 aliphatic rings. The van der Waals surface area contributed by atoms with E-state index in [2.05, 4.69) is 12.2 Å². The van der Waals surface area contributed by atoms with Gasteiger partial charge in [-0.1, -0.05) is 12.2 Å². The van der Waals surface area contributed by atoms with Crippen LogP contribution in [0.3, 0.4) is 0 Å². The standard InChI is InChI=1S/C7H11N.C4H6O4/c8-7-5-3-1-2-4-6(5)7;5-3(6)1-2-4(7)8/h1,3,5-7H,2,4,8H2;1-2H2,(H,5,6)(H,7,8)/t5-,6+,7+;/m0./s1. The highest BCUT2D eigenvalue weighted by molar-refractivity contribution is 5.75. The summed E-state index contributed by atoms with van der Waals surface area (Å²) < 4.78 is 0. The second-order valence-corrected chi connectivity index (χ2v) is 4.11. The highest BCUT2D eigenvalue weighted by Gasteiger charge is 2.45. The number of allylic oxidation sites excluding steroid dienone is 1. The summed E-state index contributed by atoms with van der Waals surface area (Å²) in [6.07, 6.45) is 6.54. The Bertz CT molecular complexity index is 286. The van der Waals surface area contributed by atoms with Crippen molar-refractivity contribution in [3.05, 3.63) is 12.2 Å². The molecule has 0 aromatic rings. The zero-order valence-corrected chi connectivity index (χ0v) is 9.00. The Hall–Kier alpha value is -1.36. The van der Waals surface area contributed by atoms with Gasteiger partial charge in [0.1, 0.15) is 0 Å². The largest absolute Gasteiger partial charge is 0.481 e. The number of carboxylic acid groups (broad SMARTS) is 2. The summed E-state index contributed by atoms with van der Waals surface area (Å²) in [5, 5.41) is 15.8. The number of aliphatic carboxylic acids is 2. The molecule has 0 aromatic heterocycles. The van der Waals surface area contributed by atoms with E-state index >= 15 is 0 Å². The first kappa shape index (κ1) is 12.7. The third-order valence-electron chi connectivity index (χ3n) is 2.87. The van der Waals surface area contributed by atoms with Crippen molar-refractivity contribution in [1.29, 1.82) is 0 Å². The Labute approximate surface area is 93.9 Å². The summed E-state index contributed by atoms with van der Waals surface area (Å²) >= 11 is 0. The molecular weight excluding hydrogens is 210 g/mol. The molecular formula is C11H17NO4. The quantitative estimate of drug-likeness (QED) is 0.620. The van der Waals surface area contributed by atoms with Gasteiger partial charge in [-0.15, -0.1) is 0 Å². The molecule has 16 heavy (non-hydrogen) atoms. The van der Waals surface area contributed by atoms with Gasteiger partial charge in [0.25, 0.3) is 0 Å². The molecule has 4 N–H and O–H groups in total. The lowest BCUT2D eigenvalue weighted by Crippen LogP contribution is -2.01. The third kappa shape index (κ3) is 4.02. The maximum absolute atomic E-state index is 9.64. The molecule has 5 heteroatoms. The highest BCUT2D eigenvalue weighted by Crippen LogP contribution is 2.44. The first-order valence-electron chi connectivity index (χ1n) is 5.38. The van der Waals surface area contributed by atoms with E-state index in [1.54, 1.807) is 0 Å². The predicted molar refractivity (Wildman–Crippen MR) is 57.8 cm³/mol. The maximum Gasteiger partial charge on any atom is 0.303 e. The second kappa shape index (κ2) is 5.65. The highest BCUT2D eigenvalue weighted by atomic mass is 16.4. The number of hydrogen-bond acceptors (Lipinski definition) is 3. The normalized spacial score (nSPS) is 29.7. The topological polar surface area (TPSA) is 101 Å². The van der Waals surface area contributed by atoms with E-state index < -0.39 is 11.9 Å². The maximum atomic E-state index is 9.64. The van der Waals surface area contributed by atoms with Crippen LogP contribution >= 0.6 is 0 Å². The number of nitrogens with two attached hydrogens (primary N) is 1. The summed E-state index contributed by atoms with van der Waals surface area (Å²) in [5.41, 5.74) is 5.72. The summed E-state index contributed by atoms with van der Waals surface area (Å²) in [6.45, 7) is 0. The van der Waals surface area contributed by atoms with Crippen LogP contribution in [-0.4, -0.2) is 28.2 Å². The number of hydrogen-bond donors (Lipinski definition) is 3. The van der Waals surface area contributed by atoms with E-state index in [0.29, 0.717) is 6.04 Å². The van der Waals surface area contributed by atoms with Crippen LogP contribution in [0.5, 0.6) is 0 Å². The van der Waals surface area contributed by atoms with E-state index in [0.717, 1.165) is 11.8 Å².